The number of thioether (sulfide) groups is 1. The van der Waals surface area contributed by atoms with Crippen molar-refractivity contribution >= 4 is 11.8 Å². The summed E-state index contributed by atoms with van der Waals surface area (Å²) in [6.07, 6.45) is 1.08. The first-order valence-corrected chi connectivity index (χ1v) is 8.84. The Hall–Kier alpha value is -2.19. The van der Waals surface area contributed by atoms with Crippen LogP contribution in [-0.2, 0) is 6.42 Å². The molecule has 0 saturated heterocycles. The summed E-state index contributed by atoms with van der Waals surface area (Å²) in [5, 5.41) is 0.267. The smallest absolute Gasteiger partial charge is 0.132 e. The first-order chi connectivity index (χ1) is 11.3. The van der Waals surface area contributed by atoms with E-state index in [9.17, 15) is 0 Å². The van der Waals surface area contributed by atoms with Crippen LogP contribution in [0.3, 0.4) is 0 Å². The van der Waals surface area contributed by atoms with Crippen LogP contribution < -0.4 is 4.74 Å². The van der Waals surface area contributed by atoms with Gasteiger partial charge in [0.05, 0.1) is 5.25 Å². The molecular weight excluding hydrogens is 300 g/mol. The van der Waals surface area contributed by atoms with E-state index in [2.05, 4.69) is 67.6 Å². The Morgan fingerprint density at radius 2 is 1.35 bits per heavy atom. The quantitative estimate of drug-likeness (QED) is 0.565. The highest BCUT2D eigenvalue weighted by molar-refractivity contribution is 7.99. The molecule has 1 aliphatic rings. The van der Waals surface area contributed by atoms with Gasteiger partial charge in [-0.2, -0.15) is 0 Å². The average molecular weight is 318 g/mol. The molecule has 1 aliphatic heterocycles. The van der Waals surface area contributed by atoms with E-state index >= 15 is 0 Å². The minimum atomic E-state index is 0.267. The summed E-state index contributed by atoms with van der Waals surface area (Å²) >= 11 is 1.89. The SMILES string of the molecule is CCc1ccc(SC2c3ccccc3Oc3ccccc32)cc1. The second-order valence-electron chi connectivity index (χ2n) is 5.67. The lowest BCUT2D eigenvalue weighted by Gasteiger charge is -2.27. The molecule has 2 heteroatoms. The van der Waals surface area contributed by atoms with Crippen molar-refractivity contribution in [1.29, 1.82) is 0 Å². The van der Waals surface area contributed by atoms with Gasteiger partial charge in [-0.05, 0) is 36.2 Å². The number of hydrogen-bond donors (Lipinski definition) is 0. The van der Waals surface area contributed by atoms with Crippen molar-refractivity contribution in [1.82, 2.24) is 0 Å². The van der Waals surface area contributed by atoms with E-state index in [1.165, 1.54) is 21.6 Å². The van der Waals surface area contributed by atoms with Gasteiger partial charge in [0.1, 0.15) is 11.5 Å². The fourth-order valence-electron chi connectivity index (χ4n) is 2.93. The number of para-hydroxylation sites is 2. The van der Waals surface area contributed by atoms with E-state index < -0.39 is 0 Å². The molecule has 0 spiro atoms. The molecule has 0 bridgehead atoms. The molecule has 0 fully saturated rings. The molecule has 0 atom stereocenters. The predicted molar refractivity (Wildman–Crippen MR) is 96.5 cm³/mol. The average Bonchev–Trinajstić information content (AvgIpc) is 2.62. The molecule has 3 aromatic rings. The Morgan fingerprint density at radius 3 is 1.91 bits per heavy atom. The van der Waals surface area contributed by atoms with Crippen molar-refractivity contribution in [3.63, 3.8) is 0 Å². The van der Waals surface area contributed by atoms with Gasteiger partial charge in [-0.15, -0.1) is 11.8 Å². The van der Waals surface area contributed by atoms with Crippen LogP contribution in [0.1, 0.15) is 28.9 Å². The Kier molecular flexibility index (Phi) is 3.84. The monoisotopic (exact) mass is 318 g/mol. The molecule has 0 aromatic heterocycles. The predicted octanol–water partition coefficient (Wildman–Crippen LogP) is 6.24. The van der Waals surface area contributed by atoms with Crippen molar-refractivity contribution in [2.45, 2.75) is 23.5 Å². The zero-order valence-corrected chi connectivity index (χ0v) is 13.8. The van der Waals surface area contributed by atoms with Gasteiger partial charge in [-0.1, -0.05) is 55.5 Å². The molecule has 0 amide bonds. The number of rotatable bonds is 3. The minimum Gasteiger partial charge on any atom is -0.457 e. The Balaban J connectivity index is 1.74. The van der Waals surface area contributed by atoms with E-state index in [1.54, 1.807) is 0 Å². The second-order valence-corrected chi connectivity index (χ2v) is 6.85. The highest BCUT2D eigenvalue weighted by Crippen LogP contribution is 2.51. The molecule has 1 heterocycles. The maximum Gasteiger partial charge on any atom is 0.132 e. The third-order valence-electron chi connectivity index (χ3n) is 4.21. The number of aryl methyl sites for hydroxylation is 1. The zero-order valence-electron chi connectivity index (χ0n) is 13.0. The van der Waals surface area contributed by atoms with Crippen LogP contribution in [0.2, 0.25) is 0 Å². The van der Waals surface area contributed by atoms with Gasteiger partial charge in [0, 0.05) is 16.0 Å². The topological polar surface area (TPSA) is 9.23 Å². The van der Waals surface area contributed by atoms with Gasteiger partial charge < -0.3 is 4.74 Å². The summed E-state index contributed by atoms with van der Waals surface area (Å²) in [5.74, 6) is 1.93. The van der Waals surface area contributed by atoms with Gasteiger partial charge in [0.2, 0.25) is 0 Å². The molecule has 0 saturated carbocycles. The lowest BCUT2D eigenvalue weighted by molar-refractivity contribution is 0.459. The van der Waals surface area contributed by atoms with Gasteiger partial charge in [-0.3, -0.25) is 0 Å². The fourth-order valence-corrected chi connectivity index (χ4v) is 4.14. The third kappa shape index (κ3) is 2.75. The molecule has 0 unspecified atom stereocenters. The van der Waals surface area contributed by atoms with Crippen LogP contribution in [0, 0.1) is 0 Å². The van der Waals surface area contributed by atoms with E-state index in [0.717, 1.165) is 17.9 Å². The highest BCUT2D eigenvalue weighted by atomic mass is 32.2. The maximum absolute atomic E-state index is 6.07. The molecule has 0 radical (unpaired) electrons. The van der Waals surface area contributed by atoms with E-state index in [4.69, 9.17) is 4.74 Å². The minimum absolute atomic E-state index is 0.267. The van der Waals surface area contributed by atoms with Crippen molar-refractivity contribution in [3.05, 3.63) is 89.5 Å². The fraction of sp³-hybridized carbons (Fsp3) is 0.143. The van der Waals surface area contributed by atoms with Crippen molar-refractivity contribution in [2.75, 3.05) is 0 Å². The van der Waals surface area contributed by atoms with Gasteiger partial charge in [0.25, 0.3) is 0 Å². The second kappa shape index (κ2) is 6.13. The van der Waals surface area contributed by atoms with Gasteiger partial charge in [-0.25, -0.2) is 0 Å². The first-order valence-electron chi connectivity index (χ1n) is 7.96. The molecule has 1 nitrogen and oxygen atoms in total. The van der Waals surface area contributed by atoms with Gasteiger partial charge in [0.15, 0.2) is 0 Å². The molecule has 4 rings (SSSR count). The standard InChI is InChI=1S/C21H18OS/c1-2-15-11-13-16(14-12-15)23-21-17-7-3-5-9-19(17)22-20-10-6-4-8-18(20)21/h3-14,21H,2H2,1H3. The molecular formula is C21H18OS. The van der Waals surface area contributed by atoms with Crippen LogP contribution in [0.15, 0.2) is 77.7 Å². The van der Waals surface area contributed by atoms with E-state index in [1.807, 2.05) is 23.9 Å². The molecule has 114 valence electrons. The number of fused-ring (bicyclic) bond motifs is 2. The van der Waals surface area contributed by atoms with Crippen LogP contribution >= 0.6 is 11.8 Å². The summed E-state index contributed by atoms with van der Waals surface area (Å²) in [4.78, 5) is 1.29. The lowest BCUT2D eigenvalue weighted by Crippen LogP contribution is -2.07. The maximum atomic E-state index is 6.07. The summed E-state index contributed by atoms with van der Waals surface area (Å²) in [6.45, 7) is 2.19. The third-order valence-corrected chi connectivity index (χ3v) is 5.50. The van der Waals surface area contributed by atoms with Crippen molar-refractivity contribution < 1.29 is 4.74 Å². The normalized spacial score (nSPS) is 13.1. The van der Waals surface area contributed by atoms with Crippen LogP contribution in [0.5, 0.6) is 11.5 Å². The summed E-state index contributed by atoms with van der Waals surface area (Å²) < 4.78 is 6.07. The number of ether oxygens (including phenoxy) is 1. The molecule has 0 aliphatic carbocycles. The van der Waals surface area contributed by atoms with Crippen LogP contribution in [-0.4, -0.2) is 0 Å². The Bertz CT molecular complexity index is 778. The number of hydrogen-bond acceptors (Lipinski definition) is 2. The van der Waals surface area contributed by atoms with Crippen LogP contribution in [0.4, 0.5) is 0 Å². The largest absolute Gasteiger partial charge is 0.457 e. The summed E-state index contributed by atoms with van der Waals surface area (Å²) in [5.41, 5.74) is 3.87. The van der Waals surface area contributed by atoms with Crippen molar-refractivity contribution in [2.24, 2.45) is 0 Å². The Labute approximate surface area is 141 Å². The number of benzene rings is 3. The van der Waals surface area contributed by atoms with Crippen LogP contribution in [0.25, 0.3) is 0 Å². The summed E-state index contributed by atoms with van der Waals surface area (Å²) in [7, 11) is 0. The molecule has 0 N–H and O–H groups in total. The van der Waals surface area contributed by atoms with Crippen molar-refractivity contribution in [3.8, 4) is 11.5 Å². The first kappa shape index (κ1) is 14.4. The zero-order chi connectivity index (χ0) is 15.6. The lowest BCUT2D eigenvalue weighted by atomic mass is 10.00. The molecule has 23 heavy (non-hydrogen) atoms. The van der Waals surface area contributed by atoms with E-state index in [-0.39, 0.29) is 5.25 Å². The Morgan fingerprint density at radius 1 is 0.783 bits per heavy atom. The van der Waals surface area contributed by atoms with Gasteiger partial charge >= 0.3 is 0 Å². The van der Waals surface area contributed by atoms with E-state index in [0.29, 0.717) is 0 Å². The molecule has 3 aromatic carbocycles. The summed E-state index contributed by atoms with van der Waals surface area (Å²) in [6, 6.07) is 25.6. The highest BCUT2D eigenvalue weighted by Gasteiger charge is 2.27.